The van der Waals surface area contributed by atoms with E-state index in [-0.39, 0.29) is 17.3 Å². The highest BCUT2D eigenvalue weighted by Crippen LogP contribution is 2.33. The molecule has 0 saturated heterocycles. The van der Waals surface area contributed by atoms with Gasteiger partial charge in [-0.2, -0.15) is 0 Å². The number of ketones is 1. The van der Waals surface area contributed by atoms with Crippen molar-refractivity contribution in [2.75, 3.05) is 19.8 Å². The maximum Gasteiger partial charge on any atom is 0.329 e. The lowest BCUT2D eigenvalue weighted by Crippen LogP contribution is -2.45. The molecule has 37 heavy (non-hydrogen) atoms. The molecule has 1 aromatic heterocycles. The van der Waals surface area contributed by atoms with Gasteiger partial charge in [0, 0.05) is 34.3 Å². The lowest BCUT2D eigenvalue weighted by Gasteiger charge is -2.21. The average Bonchev–Trinajstić information content (AvgIpc) is 3.19. The summed E-state index contributed by atoms with van der Waals surface area (Å²) in [6.07, 6.45) is 0. The Hall–Kier alpha value is -4.14. The highest BCUT2D eigenvalue weighted by molar-refractivity contribution is 6.00. The predicted molar refractivity (Wildman–Crippen MR) is 134 cm³/mol. The first-order valence-electron chi connectivity index (χ1n) is 12.0. The Bertz CT molecular complexity index is 1330. The lowest BCUT2D eigenvalue weighted by molar-refractivity contribution is -0.145. The molecule has 1 aliphatic rings. The van der Waals surface area contributed by atoms with Crippen LogP contribution in [0.15, 0.2) is 48.5 Å². The highest BCUT2D eigenvalue weighted by Gasteiger charge is 2.28. The highest BCUT2D eigenvalue weighted by atomic mass is 19.1. The van der Waals surface area contributed by atoms with E-state index in [0.29, 0.717) is 36.0 Å². The molecule has 3 aromatic rings. The van der Waals surface area contributed by atoms with Gasteiger partial charge in [-0.05, 0) is 62.2 Å². The molecular formula is C28H29FN2O6. The van der Waals surface area contributed by atoms with Gasteiger partial charge in [0.05, 0.1) is 0 Å². The minimum absolute atomic E-state index is 0.211. The van der Waals surface area contributed by atoms with Crippen LogP contribution in [0.2, 0.25) is 0 Å². The molecule has 0 aliphatic carbocycles. The predicted octanol–water partition coefficient (Wildman–Crippen LogP) is 4.18. The van der Waals surface area contributed by atoms with Crippen LogP contribution in [-0.4, -0.2) is 48.1 Å². The van der Waals surface area contributed by atoms with Crippen molar-refractivity contribution in [3.05, 3.63) is 76.9 Å². The zero-order chi connectivity index (χ0) is 26.7. The van der Waals surface area contributed by atoms with E-state index in [1.807, 2.05) is 36.6 Å². The molecule has 1 atom stereocenters. The summed E-state index contributed by atoms with van der Waals surface area (Å²) in [7, 11) is 0. The van der Waals surface area contributed by atoms with Gasteiger partial charge in [0.1, 0.15) is 25.1 Å². The molecular weight excluding hydrogens is 479 g/mol. The van der Waals surface area contributed by atoms with Crippen LogP contribution >= 0.6 is 0 Å². The Kier molecular flexibility index (Phi) is 7.61. The number of benzene rings is 2. The number of aryl methyl sites for hydroxylation is 1. The molecule has 0 bridgehead atoms. The first-order chi connectivity index (χ1) is 17.7. The number of halogens is 1. The number of amides is 1. The van der Waals surface area contributed by atoms with E-state index in [1.165, 1.54) is 12.1 Å². The molecule has 2 heterocycles. The molecule has 0 unspecified atom stereocenters. The molecule has 9 heteroatoms. The van der Waals surface area contributed by atoms with Gasteiger partial charge < -0.3 is 24.1 Å². The Morgan fingerprint density at radius 3 is 2.35 bits per heavy atom. The number of hydrogen-bond acceptors (Lipinski definition) is 6. The van der Waals surface area contributed by atoms with Gasteiger partial charge >= 0.3 is 5.97 Å². The van der Waals surface area contributed by atoms with Crippen molar-refractivity contribution in [2.45, 2.75) is 33.7 Å². The van der Waals surface area contributed by atoms with Crippen LogP contribution in [0.3, 0.4) is 0 Å². The normalized spacial score (nSPS) is 13.2. The number of carbonyl (C=O) groups is 3. The SMILES string of the molecule is Cc1cc(C(=O)COC(=O)[C@@H](NC(=O)c2ccc(F)cc2)C(C)C)c(C)n1-c1ccc2c(c1)OCCO2. The summed E-state index contributed by atoms with van der Waals surface area (Å²) in [6.45, 7) is 7.69. The number of carbonyl (C=O) groups excluding carboxylic acids is 3. The molecule has 0 saturated carbocycles. The van der Waals surface area contributed by atoms with Crippen LogP contribution in [0.25, 0.3) is 5.69 Å². The number of nitrogens with one attached hydrogen (secondary N) is 1. The van der Waals surface area contributed by atoms with Crippen molar-refractivity contribution in [3.8, 4) is 17.2 Å². The molecule has 194 valence electrons. The third-order valence-electron chi connectivity index (χ3n) is 6.17. The van der Waals surface area contributed by atoms with E-state index in [4.69, 9.17) is 14.2 Å². The van der Waals surface area contributed by atoms with Crippen LogP contribution in [-0.2, 0) is 9.53 Å². The van der Waals surface area contributed by atoms with E-state index >= 15 is 0 Å². The number of ether oxygens (including phenoxy) is 3. The van der Waals surface area contributed by atoms with Gasteiger partial charge in [0.25, 0.3) is 5.91 Å². The quantitative estimate of drug-likeness (QED) is 0.362. The molecule has 2 aromatic carbocycles. The Morgan fingerprint density at radius 2 is 1.68 bits per heavy atom. The topological polar surface area (TPSA) is 95.9 Å². The van der Waals surface area contributed by atoms with Gasteiger partial charge in [-0.1, -0.05) is 13.8 Å². The molecule has 0 radical (unpaired) electrons. The summed E-state index contributed by atoms with van der Waals surface area (Å²) in [6, 6.07) is 11.3. The molecule has 1 N–H and O–H groups in total. The maximum atomic E-state index is 13.2. The van der Waals surface area contributed by atoms with E-state index in [2.05, 4.69) is 5.32 Å². The first-order valence-corrected chi connectivity index (χ1v) is 12.0. The molecule has 0 spiro atoms. The Balaban J connectivity index is 1.44. The Labute approximate surface area is 214 Å². The van der Waals surface area contributed by atoms with Crippen molar-refractivity contribution in [1.29, 1.82) is 0 Å². The summed E-state index contributed by atoms with van der Waals surface area (Å²) < 4.78 is 31.7. The second-order valence-corrected chi connectivity index (χ2v) is 9.18. The fourth-order valence-electron chi connectivity index (χ4n) is 4.24. The van der Waals surface area contributed by atoms with E-state index in [9.17, 15) is 18.8 Å². The van der Waals surface area contributed by atoms with Crippen LogP contribution in [0.4, 0.5) is 4.39 Å². The van der Waals surface area contributed by atoms with Crippen LogP contribution in [0.5, 0.6) is 11.5 Å². The number of esters is 1. The molecule has 0 fully saturated rings. The van der Waals surface area contributed by atoms with Crippen molar-refractivity contribution in [3.63, 3.8) is 0 Å². The maximum absolute atomic E-state index is 13.2. The standard InChI is InChI=1S/C28H29FN2O6/c1-16(2)26(30-27(33)19-5-7-20(29)8-6-19)28(34)37-15-23(32)22-13-17(3)31(18(22)4)21-9-10-24-25(14-21)36-12-11-35-24/h5-10,13-14,16,26H,11-12,15H2,1-4H3,(H,30,33)/t26-/m0/s1. The largest absolute Gasteiger partial charge is 0.486 e. The second-order valence-electron chi connectivity index (χ2n) is 9.18. The number of fused-ring (bicyclic) bond motifs is 1. The fourth-order valence-corrected chi connectivity index (χ4v) is 4.24. The van der Waals surface area contributed by atoms with Crippen molar-refractivity contribution in [2.24, 2.45) is 5.92 Å². The summed E-state index contributed by atoms with van der Waals surface area (Å²) in [5.74, 6) is -1.08. The summed E-state index contributed by atoms with van der Waals surface area (Å²) in [5, 5.41) is 2.61. The number of aromatic nitrogens is 1. The molecule has 1 amide bonds. The smallest absolute Gasteiger partial charge is 0.329 e. The summed E-state index contributed by atoms with van der Waals surface area (Å²) >= 11 is 0. The number of nitrogens with zero attached hydrogens (tertiary/aromatic N) is 1. The van der Waals surface area contributed by atoms with Crippen molar-refractivity contribution in [1.82, 2.24) is 9.88 Å². The average molecular weight is 509 g/mol. The minimum Gasteiger partial charge on any atom is -0.486 e. The van der Waals surface area contributed by atoms with Crippen molar-refractivity contribution < 1.29 is 33.0 Å². The van der Waals surface area contributed by atoms with Gasteiger partial charge in [-0.3, -0.25) is 9.59 Å². The second kappa shape index (κ2) is 10.9. The van der Waals surface area contributed by atoms with Crippen LogP contribution < -0.4 is 14.8 Å². The number of Topliss-reactive ketones (excluding diaryl/α,β-unsaturated/α-hetero) is 1. The molecule has 1 aliphatic heterocycles. The molecule has 4 rings (SSSR count). The summed E-state index contributed by atoms with van der Waals surface area (Å²) in [5.41, 5.74) is 2.98. The zero-order valence-electron chi connectivity index (χ0n) is 21.2. The fraction of sp³-hybridized carbons (Fsp3) is 0.321. The van der Waals surface area contributed by atoms with Gasteiger partial charge in [-0.25, -0.2) is 9.18 Å². The van der Waals surface area contributed by atoms with Crippen molar-refractivity contribution >= 4 is 17.7 Å². The van der Waals surface area contributed by atoms with Crippen LogP contribution in [0, 0.1) is 25.6 Å². The monoisotopic (exact) mass is 508 g/mol. The lowest BCUT2D eigenvalue weighted by atomic mass is 10.0. The van der Waals surface area contributed by atoms with E-state index in [1.54, 1.807) is 19.9 Å². The third kappa shape index (κ3) is 5.66. The van der Waals surface area contributed by atoms with Gasteiger partial charge in [0.2, 0.25) is 5.78 Å². The van der Waals surface area contributed by atoms with Crippen LogP contribution in [0.1, 0.15) is 46.0 Å². The number of rotatable bonds is 8. The molecule has 8 nitrogen and oxygen atoms in total. The Morgan fingerprint density at radius 1 is 1.00 bits per heavy atom. The minimum atomic E-state index is -0.976. The van der Waals surface area contributed by atoms with Gasteiger partial charge in [-0.15, -0.1) is 0 Å². The van der Waals surface area contributed by atoms with Gasteiger partial charge in [0.15, 0.2) is 18.1 Å². The first kappa shape index (κ1) is 25.9. The number of hydrogen-bond donors (Lipinski definition) is 1. The third-order valence-corrected chi connectivity index (χ3v) is 6.17. The van der Waals surface area contributed by atoms with E-state index in [0.717, 1.165) is 23.5 Å². The van der Waals surface area contributed by atoms with E-state index < -0.39 is 30.3 Å². The summed E-state index contributed by atoms with van der Waals surface area (Å²) in [4.78, 5) is 38.3. The zero-order valence-corrected chi connectivity index (χ0v) is 21.2.